The minimum atomic E-state index is -3.87. The number of rotatable bonds is 10. The van der Waals surface area contributed by atoms with Gasteiger partial charge in [-0.25, -0.2) is 0 Å². The average molecular weight is 485 g/mol. The Hall–Kier alpha value is -3.72. The zero-order valence-electron chi connectivity index (χ0n) is 19.8. The predicted octanol–water partition coefficient (Wildman–Crippen LogP) is 3.95. The summed E-state index contributed by atoms with van der Waals surface area (Å²) in [6.07, 6.45) is 0.299. The van der Waals surface area contributed by atoms with Gasteiger partial charge in [0.2, 0.25) is 0 Å². The molecule has 8 nitrogen and oxygen atoms in total. The first-order valence-corrected chi connectivity index (χ1v) is 11.9. The van der Waals surface area contributed by atoms with E-state index in [1.54, 1.807) is 64.8 Å². The first kappa shape index (κ1) is 24.9. The molecule has 0 atom stereocenters. The molecule has 3 aromatic rings. The lowest BCUT2D eigenvalue weighted by atomic mass is 10.0. The summed E-state index contributed by atoms with van der Waals surface area (Å²) < 4.78 is 47.2. The van der Waals surface area contributed by atoms with Crippen LogP contribution in [0.25, 0.3) is 0 Å². The van der Waals surface area contributed by atoms with Gasteiger partial charge in [-0.15, -0.1) is 0 Å². The number of sulfonamides is 1. The third kappa shape index (κ3) is 5.99. The molecule has 34 heavy (non-hydrogen) atoms. The Balaban J connectivity index is 2.04. The fourth-order valence-corrected chi connectivity index (χ4v) is 4.08. The van der Waals surface area contributed by atoms with Gasteiger partial charge in [0.25, 0.3) is 10.0 Å². The lowest BCUT2D eigenvalue weighted by Crippen LogP contribution is -2.21. The number of nitrogens with one attached hydrogen (secondary N) is 1. The maximum Gasteiger partial charge on any atom is 0.276 e. The summed E-state index contributed by atoms with van der Waals surface area (Å²) in [6, 6.07) is 17.3. The van der Waals surface area contributed by atoms with Gasteiger partial charge in [-0.2, -0.15) is 18.4 Å². The Bertz CT molecular complexity index is 1250. The topological polar surface area (TPSA) is 95.4 Å². The van der Waals surface area contributed by atoms with Crippen molar-refractivity contribution >= 4 is 15.7 Å². The van der Waals surface area contributed by atoms with Gasteiger partial charge in [0.1, 0.15) is 11.5 Å². The minimum absolute atomic E-state index is 0.121. The SMILES string of the molecule is COc1cc(OC)cc(C(Cc2ccc(OC)c(OC)c2)=NNS(=O)(=O)c2ccc(C)cc2)c1. The number of ether oxygens (including phenoxy) is 4. The molecule has 9 heteroatoms. The van der Waals surface area contributed by atoms with Crippen LogP contribution < -0.4 is 23.8 Å². The largest absolute Gasteiger partial charge is 0.497 e. The zero-order valence-corrected chi connectivity index (χ0v) is 20.6. The molecule has 0 saturated carbocycles. The van der Waals surface area contributed by atoms with E-state index < -0.39 is 10.0 Å². The van der Waals surface area contributed by atoms with Gasteiger partial charge in [-0.3, -0.25) is 0 Å². The molecule has 0 aliphatic carbocycles. The normalized spacial score (nSPS) is 11.6. The van der Waals surface area contributed by atoms with Crippen LogP contribution in [0.2, 0.25) is 0 Å². The Kier molecular flexibility index (Phi) is 8.01. The Morgan fingerprint density at radius 3 is 1.97 bits per heavy atom. The van der Waals surface area contributed by atoms with Crippen LogP contribution in [-0.4, -0.2) is 42.6 Å². The molecule has 0 radical (unpaired) electrons. The molecular formula is C25H28N2O6S. The van der Waals surface area contributed by atoms with Gasteiger partial charge in [-0.05, 0) is 48.9 Å². The second kappa shape index (κ2) is 10.9. The molecule has 0 fully saturated rings. The number of hydrazone groups is 1. The highest BCUT2D eigenvalue weighted by Gasteiger charge is 2.16. The van der Waals surface area contributed by atoms with Crippen LogP contribution in [0.3, 0.4) is 0 Å². The van der Waals surface area contributed by atoms with Crippen LogP contribution >= 0.6 is 0 Å². The Morgan fingerprint density at radius 1 is 0.794 bits per heavy atom. The third-order valence-corrected chi connectivity index (χ3v) is 6.36. The second-order valence-corrected chi connectivity index (χ2v) is 9.09. The van der Waals surface area contributed by atoms with Gasteiger partial charge in [-0.1, -0.05) is 23.8 Å². The third-order valence-electron chi connectivity index (χ3n) is 5.14. The number of methoxy groups -OCH3 is 4. The lowest BCUT2D eigenvalue weighted by molar-refractivity contribution is 0.354. The van der Waals surface area contributed by atoms with Crippen molar-refractivity contribution in [3.05, 3.63) is 77.4 Å². The van der Waals surface area contributed by atoms with Gasteiger partial charge in [0.15, 0.2) is 11.5 Å². The van der Waals surface area contributed by atoms with E-state index in [2.05, 4.69) is 9.93 Å². The monoisotopic (exact) mass is 484 g/mol. The van der Waals surface area contributed by atoms with E-state index in [0.29, 0.717) is 40.7 Å². The van der Waals surface area contributed by atoms with Gasteiger partial charge in [0.05, 0.1) is 39.0 Å². The minimum Gasteiger partial charge on any atom is -0.497 e. The molecule has 0 aliphatic heterocycles. The molecule has 0 amide bonds. The van der Waals surface area contributed by atoms with Crippen LogP contribution in [-0.2, 0) is 16.4 Å². The van der Waals surface area contributed by atoms with E-state index in [1.807, 2.05) is 19.1 Å². The molecule has 0 spiro atoms. The van der Waals surface area contributed by atoms with Crippen molar-refractivity contribution in [1.82, 2.24) is 4.83 Å². The zero-order chi connectivity index (χ0) is 24.7. The van der Waals surface area contributed by atoms with Crippen molar-refractivity contribution in [2.24, 2.45) is 5.10 Å². The van der Waals surface area contributed by atoms with E-state index >= 15 is 0 Å². The van der Waals surface area contributed by atoms with E-state index in [1.165, 1.54) is 12.1 Å². The second-order valence-electron chi connectivity index (χ2n) is 7.43. The highest BCUT2D eigenvalue weighted by atomic mass is 32.2. The quantitative estimate of drug-likeness (QED) is 0.346. The molecule has 0 saturated heterocycles. The molecule has 3 aromatic carbocycles. The summed E-state index contributed by atoms with van der Waals surface area (Å²) in [5.74, 6) is 2.25. The maximum absolute atomic E-state index is 12.9. The lowest BCUT2D eigenvalue weighted by Gasteiger charge is -2.14. The molecule has 0 unspecified atom stereocenters. The summed E-state index contributed by atoms with van der Waals surface area (Å²) in [6.45, 7) is 1.89. The number of hydrogen-bond acceptors (Lipinski definition) is 7. The summed E-state index contributed by atoms with van der Waals surface area (Å²) in [5.41, 5.74) is 2.89. The standard InChI is InChI=1S/C25H28N2O6S/c1-17-6-9-22(10-7-17)34(28,29)27-26-23(19-14-20(30-2)16-21(15-19)31-3)12-18-8-11-24(32-4)25(13-18)33-5/h6-11,13-16,27H,12H2,1-5H3. The molecule has 0 aliphatic rings. The highest BCUT2D eigenvalue weighted by molar-refractivity contribution is 7.89. The van der Waals surface area contributed by atoms with Crippen molar-refractivity contribution in [1.29, 1.82) is 0 Å². The van der Waals surface area contributed by atoms with Crippen molar-refractivity contribution in [2.75, 3.05) is 28.4 Å². The Morgan fingerprint density at radius 2 is 1.41 bits per heavy atom. The fraction of sp³-hybridized carbons (Fsp3) is 0.240. The van der Waals surface area contributed by atoms with Gasteiger partial charge < -0.3 is 18.9 Å². The van der Waals surface area contributed by atoms with Gasteiger partial charge >= 0.3 is 0 Å². The number of benzene rings is 3. The first-order valence-electron chi connectivity index (χ1n) is 10.4. The smallest absolute Gasteiger partial charge is 0.276 e. The predicted molar refractivity (Wildman–Crippen MR) is 131 cm³/mol. The van der Waals surface area contributed by atoms with Crippen LogP contribution in [0.1, 0.15) is 16.7 Å². The summed E-state index contributed by atoms with van der Waals surface area (Å²) in [4.78, 5) is 2.48. The molecule has 0 bridgehead atoms. The van der Waals surface area contributed by atoms with Crippen LogP contribution in [0, 0.1) is 6.92 Å². The summed E-state index contributed by atoms with van der Waals surface area (Å²) >= 11 is 0. The maximum atomic E-state index is 12.9. The van der Waals surface area contributed by atoms with Crippen molar-refractivity contribution in [3.63, 3.8) is 0 Å². The summed E-state index contributed by atoms with van der Waals surface area (Å²) in [5, 5.41) is 4.30. The Labute approximate surface area is 200 Å². The summed E-state index contributed by atoms with van der Waals surface area (Å²) in [7, 11) is 2.34. The van der Waals surface area contributed by atoms with E-state index in [4.69, 9.17) is 18.9 Å². The van der Waals surface area contributed by atoms with E-state index in [0.717, 1.165) is 11.1 Å². The highest BCUT2D eigenvalue weighted by Crippen LogP contribution is 2.29. The van der Waals surface area contributed by atoms with Gasteiger partial charge in [0, 0.05) is 18.1 Å². The van der Waals surface area contributed by atoms with Crippen LogP contribution in [0.5, 0.6) is 23.0 Å². The fourth-order valence-electron chi connectivity index (χ4n) is 3.25. The van der Waals surface area contributed by atoms with E-state index in [9.17, 15) is 8.42 Å². The number of hydrogen-bond donors (Lipinski definition) is 1. The molecule has 180 valence electrons. The molecular weight excluding hydrogens is 456 g/mol. The average Bonchev–Trinajstić information content (AvgIpc) is 2.86. The number of aryl methyl sites for hydroxylation is 1. The molecule has 0 aromatic heterocycles. The molecule has 1 N–H and O–H groups in total. The molecule has 0 heterocycles. The number of nitrogens with zero attached hydrogens (tertiary/aromatic N) is 1. The van der Waals surface area contributed by atoms with Crippen LogP contribution in [0.15, 0.2) is 70.7 Å². The van der Waals surface area contributed by atoms with Crippen molar-refractivity contribution in [2.45, 2.75) is 18.2 Å². The van der Waals surface area contributed by atoms with Crippen molar-refractivity contribution < 1.29 is 27.4 Å². The first-order chi connectivity index (χ1) is 16.3. The van der Waals surface area contributed by atoms with E-state index in [-0.39, 0.29) is 4.90 Å². The van der Waals surface area contributed by atoms with Crippen LogP contribution in [0.4, 0.5) is 0 Å². The van der Waals surface area contributed by atoms with Crippen molar-refractivity contribution in [3.8, 4) is 23.0 Å². The molecule has 3 rings (SSSR count).